The molecular formula is C18H31NO3. The largest absolute Gasteiger partial charge is 0.465 e. The Labute approximate surface area is 133 Å². The van der Waals surface area contributed by atoms with Crippen LogP contribution in [0.2, 0.25) is 0 Å². The molecule has 0 unspecified atom stereocenters. The third kappa shape index (κ3) is 2.75. The number of unbranched alkanes of at least 4 members (excludes halogenated alkanes) is 2. The van der Waals surface area contributed by atoms with Crippen molar-refractivity contribution in [3.8, 4) is 0 Å². The van der Waals surface area contributed by atoms with Gasteiger partial charge in [0.05, 0.1) is 0 Å². The predicted octanol–water partition coefficient (Wildman–Crippen LogP) is 3.88. The molecule has 2 N–H and O–H groups in total. The molecule has 0 radical (unpaired) electrons. The summed E-state index contributed by atoms with van der Waals surface area (Å²) >= 11 is 0. The first-order valence-corrected chi connectivity index (χ1v) is 8.91. The van der Waals surface area contributed by atoms with Gasteiger partial charge >= 0.3 is 6.09 Å². The first-order chi connectivity index (χ1) is 10.3. The highest BCUT2D eigenvalue weighted by Gasteiger charge is 2.62. The third-order valence-corrected chi connectivity index (χ3v) is 6.44. The van der Waals surface area contributed by atoms with Gasteiger partial charge in [-0.2, -0.15) is 0 Å². The summed E-state index contributed by atoms with van der Waals surface area (Å²) in [5.41, 5.74) is 0.563. The van der Waals surface area contributed by atoms with Gasteiger partial charge in [0, 0.05) is 18.7 Å². The second-order valence-corrected chi connectivity index (χ2v) is 9.07. The molecular weight excluding hydrogens is 278 g/mol. The van der Waals surface area contributed by atoms with Crippen molar-refractivity contribution >= 4 is 6.09 Å². The zero-order valence-corrected chi connectivity index (χ0v) is 14.1. The fraction of sp³-hybridized carbons (Fsp3) is 0.944. The van der Waals surface area contributed by atoms with E-state index in [4.69, 9.17) is 5.11 Å². The second kappa shape index (κ2) is 5.40. The van der Waals surface area contributed by atoms with Gasteiger partial charge in [0.25, 0.3) is 0 Å². The Bertz CT molecular complexity index is 432. The summed E-state index contributed by atoms with van der Waals surface area (Å²) in [6.07, 6.45) is 8.86. The van der Waals surface area contributed by atoms with Crippen LogP contribution in [0, 0.1) is 16.7 Å². The SMILES string of the molecule is C[C@]12C[C@@H]3C[C@](C)(C1)C[C@](N(CCCCCO)C(=O)O)(C3)C2. The van der Waals surface area contributed by atoms with Crippen LogP contribution >= 0.6 is 0 Å². The topological polar surface area (TPSA) is 60.8 Å². The lowest BCUT2D eigenvalue weighted by Crippen LogP contribution is -2.66. The number of nitrogens with zero attached hydrogens (tertiary/aromatic N) is 1. The molecule has 0 aromatic heterocycles. The van der Waals surface area contributed by atoms with Crippen molar-refractivity contribution in [2.24, 2.45) is 16.7 Å². The Morgan fingerprint density at radius 1 is 1.05 bits per heavy atom. The highest BCUT2D eigenvalue weighted by molar-refractivity contribution is 5.66. The van der Waals surface area contributed by atoms with Gasteiger partial charge in [0.15, 0.2) is 0 Å². The highest BCUT2D eigenvalue weighted by Crippen LogP contribution is 2.67. The molecule has 4 rings (SSSR count). The van der Waals surface area contributed by atoms with Crippen molar-refractivity contribution in [1.29, 1.82) is 0 Å². The van der Waals surface area contributed by atoms with E-state index >= 15 is 0 Å². The Balaban J connectivity index is 1.79. The van der Waals surface area contributed by atoms with Crippen molar-refractivity contribution in [2.75, 3.05) is 13.2 Å². The molecule has 0 heterocycles. The molecule has 4 saturated carbocycles. The lowest BCUT2D eigenvalue weighted by atomic mass is 9.42. The molecule has 0 saturated heterocycles. The van der Waals surface area contributed by atoms with Crippen molar-refractivity contribution in [3.63, 3.8) is 0 Å². The maximum absolute atomic E-state index is 12.0. The molecule has 22 heavy (non-hydrogen) atoms. The standard InChI is InChI=1S/C18H31NO3/c1-16-8-14-9-17(2,11-16)13-18(10-14,12-16)19(15(21)22)6-4-3-5-7-20/h14,20H,3-13H2,1-2H3,(H,21,22)/t14-,16+,17-,18+. The van der Waals surface area contributed by atoms with Gasteiger partial charge in [-0.25, -0.2) is 4.79 Å². The minimum absolute atomic E-state index is 0.117. The maximum Gasteiger partial charge on any atom is 0.407 e. The van der Waals surface area contributed by atoms with Crippen LogP contribution in [0.3, 0.4) is 0 Å². The fourth-order valence-corrected chi connectivity index (χ4v) is 6.78. The molecule has 0 aromatic carbocycles. The monoisotopic (exact) mass is 309 g/mol. The smallest absolute Gasteiger partial charge is 0.407 e. The zero-order valence-electron chi connectivity index (χ0n) is 14.1. The van der Waals surface area contributed by atoms with Crippen LogP contribution in [0.4, 0.5) is 4.79 Å². The Kier molecular flexibility index (Phi) is 3.95. The summed E-state index contributed by atoms with van der Waals surface area (Å²) in [5.74, 6) is 0.713. The van der Waals surface area contributed by atoms with E-state index in [-0.39, 0.29) is 12.1 Å². The molecule has 0 spiro atoms. The van der Waals surface area contributed by atoms with Crippen LogP contribution in [-0.2, 0) is 0 Å². The van der Waals surface area contributed by atoms with E-state index in [2.05, 4.69) is 13.8 Å². The molecule has 4 heteroatoms. The number of carboxylic acid groups (broad SMARTS) is 1. The van der Waals surface area contributed by atoms with E-state index in [1.165, 1.54) is 19.3 Å². The highest BCUT2D eigenvalue weighted by atomic mass is 16.4. The normalized spacial score (nSPS) is 42.6. The molecule has 4 fully saturated rings. The molecule has 4 nitrogen and oxygen atoms in total. The van der Waals surface area contributed by atoms with E-state index in [0.29, 0.717) is 23.3 Å². The summed E-state index contributed by atoms with van der Waals surface area (Å²) in [6.45, 7) is 5.61. The van der Waals surface area contributed by atoms with Gasteiger partial charge in [0.1, 0.15) is 0 Å². The van der Waals surface area contributed by atoms with Crippen LogP contribution in [0.5, 0.6) is 0 Å². The van der Waals surface area contributed by atoms with Crippen LogP contribution in [0.15, 0.2) is 0 Å². The van der Waals surface area contributed by atoms with Gasteiger partial charge < -0.3 is 15.1 Å². The summed E-state index contributed by atoms with van der Waals surface area (Å²) in [4.78, 5) is 13.8. The number of aliphatic hydroxyl groups is 1. The second-order valence-electron chi connectivity index (χ2n) is 9.07. The molecule has 0 aliphatic heterocycles. The number of carbonyl (C=O) groups is 1. The predicted molar refractivity (Wildman–Crippen MR) is 85.8 cm³/mol. The molecule has 4 aliphatic rings. The first-order valence-electron chi connectivity index (χ1n) is 8.91. The number of amides is 1. The van der Waals surface area contributed by atoms with E-state index in [0.717, 1.165) is 38.5 Å². The van der Waals surface area contributed by atoms with E-state index in [9.17, 15) is 9.90 Å². The van der Waals surface area contributed by atoms with Crippen molar-refractivity contribution < 1.29 is 15.0 Å². The molecule has 1 amide bonds. The summed E-state index contributed by atoms with van der Waals surface area (Å²) in [5, 5.41) is 18.7. The van der Waals surface area contributed by atoms with Crippen molar-refractivity contribution in [1.82, 2.24) is 4.90 Å². The Hall–Kier alpha value is -0.770. The van der Waals surface area contributed by atoms with Crippen LogP contribution in [0.25, 0.3) is 0 Å². The summed E-state index contributed by atoms with van der Waals surface area (Å²) < 4.78 is 0. The van der Waals surface area contributed by atoms with Crippen LogP contribution < -0.4 is 0 Å². The lowest BCUT2D eigenvalue weighted by molar-refractivity contribution is -0.152. The quantitative estimate of drug-likeness (QED) is 0.732. The van der Waals surface area contributed by atoms with Crippen molar-refractivity contribution in [2.45, 2.75) is 77.2 Å². The molecule has 0 aromatic rings. The third-order valence-electron chi connectivity index (χ3n) is 6.44. The lowest BCUT2D eigenvalue weighted by Gasteiger charge is -2.67. The first kappa shape index (κ1) is 16.1. The number of rotatable bonds is 6. The van der Waals surface area contributed by atoms with Crippen molar-refractivity contribution in [3.05, 3.63) is 0 Å². The van der Waals surface area contributed by atoms with Crippen LogP contribution in [-0.4, -0.2) is 39.9 Å². The molecule has 126 valence electrons. The average molecular weight is 309 g/mol. The van der Waals surface area contributed by atoms with Gasteiger partial charge in [-0.05, 0) is 74.5 Å². The fourth-order valence-electron chi connectivity index (χ4n) is 6.78. The number of hydrogen-bond donors (Lipinski definition) is 2. The summed E-state index contributed by atoms with van der Waals surface area (Å²) in [6, 6.07) is 0. The minimum atomic E-state index is -0.738. The van der Waals surface area contributed by atoms with Crippen LogP contribution in [0.1, 0.15) is 71.6 Å². The average Bonchev–Trinajstić information content (AvgIpc) is 2.33. The van der Waals surface area contributed by atoms with E-state index in [1.54, 1.807) is 4.90 Å². The zero-order chi connectivity index (χ0) is 16.0. The Morgan fingerprint density at radius 2 is 1.68 bits per heavy atom. The van der Waals surface area contributed by atoms with E-state index < -0.39 is 6.09 Å². The molecule has 4 bridgehead atoms. The van der Waals surface area contributed by atoms with Gasteiger partial charge in [-0.3, -0.25) is 0 Å². The van der Waals surface area contributed by atoms with Gasteiger partial charge in [-0.1, -0.05) is 13.8 Å². The Morgan fingerprint density at radius 3 is 2.18 bits per heavy atom. The number of aliphatic hydroxyl groups excluding tert-OH is 1. The molecule has 4 aliphatic carbocycles. The number of hydrogen-bond acceptors (Lipinski definition) is 2. The van der Waals surface area contributed by atoms with Gasteiger partial charge in [0.2, 0.25) is 0 Å². The maximum atomic E-state index is 12.0. The van der Waals surface area contributed by atoms with Gasteiger partial charge in [-0.15, -0.1) is 0 Å². The molecule has 4 atom stereocenters. The van der Waals surface area contributed by atoms with E-state index in [1.807, 2.05) is 0 Å². The minimum Gasteiger partial charge on any atom is -0.465 e. The summed E-state index contributed by atoms with van der Waals surface area (Å²) in [7, 11) is 0.